The molecule has 0 bridgehead atoms. The van der Waals surface area contributed by atoms with Gasteiger partial charge in [-0.05, 0) is 61.2 Å². The highest BCUT2D eigenvalue weighted by molar-refractivity contribution is 7.89. The molecule has 1 aromatic carbocycles. The number of halogens is 1. The van der Waals surface area contributed by atoms with Crippen LogP contribution in [0.5, 0.6) is 0 Å². The first-order valence-electron chi connectivity index (χ1n) is 7.18. The number of hydrogen-bond acceptors (Lipinski definition) is 3. The minimum absolute atomic E-state index is 0.176. The molecule has 22 heavy (non-hydrogen) atoms. The lowest BCUT2D eigenvalue weighted by Gasteiger charge is -2.25. The molecule has 1 fully saturated rings. The summed E-state index contributed by atoms with van der Waals surface area (Å²) in [6, 6.07) is 7.30. The van der Waals surface area contributed by atoms with Crippen LogP contribution in [0, 0.1) is 12.7 Å². The zero-order valence-electron chi connectivity index (χ0n) is 12.2. The average molecular weight is 320 g/mol. The molecule has 0 aliphatic carbocycles. The van der Waals surface area contributed by atoms with E-state index in [1.54, 1.807) is 19.3 Å². The van der Waals surface area contributed by atoms with Gasteiger partial charge in [-0.3, -0.25) is 4.98 Å². The first-order valence-corrected chi connectivity index (χ1v) is 8.62. The SMILES string of the molecule is Cc1cc(F)ccc1S(=O)(=O)N1CCC[C@@H]1c1ccncc1. The van der Waals surface area contributed by atoms with Crippen molar-refractivity contribution in [1.29, 1.82) is 0 Å². The van der Waals surface area contributed by atoms with E-state index in [9.17, 15) is 12.8 Å². The third kappa shape index (κ3) is 2.64. The molecule has 1 atom stereocenters. The van der Waals surface area contributed by atoms with Crippen molar-refractivity contribution in [3.05, 3.63) is 59.7 Å². The van der Waals surface area contributed by atoms with E-state index in [0.717, 1.165) is 18.4 Å². The van der Waals surface area contributed by atoms with Gasteiger partial charge in [0.05, 0.1) is 10.9 Å². The summed E-state index contributed by atoms with van der Waals surface area (Å²) in [6.45, 7) is 2.10. The molecule has 1 aliphatic heterocycles. The van der Waals surface area contributed by atoms with Crippen LogP contribution in [0.25, 0.3) is 0 Å². The lowest BCUT2D eigenvalue weighted by atomic mass is 10.1. The molecular weight excluding hydrogens is 303 g/mol. The van der Waals surface area contributed by atoms with Gasteiger partial charge in [0.2, 0.25) is 10.0 Å². The van der Waals surface area contributed by atoms with Crippen LogP contribution < -0.4 is 0 Å². The molecule has 6 heteroatoms. The van der Waals surface area contributed by atoms with Crippen molar-refractivity contribution in [2.24, 2.45) is 0 Å². The molecule has 116 valence electrons. The van der Waals surface area contributed by atoms with Crippen LogP contribution in [0.1, 0.15) is 30.0 Å². The van der Waals surface area contributed by atoms with E-state index in [0.29, 0.717) is 12.1 Å². The van der Waals surface area contributed by atoms with Crippen molar-refractivity contribution in [1.82, 2.24) is 9.29 Å². The molecule has 0 spiro atoms. The van der Waals surface area contributed by atoms with Gasteiger partial charge in [-0.15, -0.1) is 0 Å². The summed E-state index contributed by atoms with van der Waals surface area (Å²) in [5.74, 6) is -0.427. The summed E-state index contributed by atoms with van der Waals surface area (Å²) >= 11 is 0. The lowest BCUT2D eigenvalue weighted by Crippen LogP contribution is -2.31. The molecule has 1 saturated heterocycles. The van der Waals surface area contributed by atoms with Crippen molar-refractivity contribution >= 4 is 10.0 Å². The Balaban J connectivity index is 2.01. The van der Waals surface area contributed by atoms with Crippen LogP contribution in [0.15, 0.2) is 47.6 Å². The summed E-state index contributed by atoms with van der Waals surface area (Å²) < 4.78 is 40.6. The summed E-state index contributed by atoms with van der Waals surface area (Å²) in [4.78, 5) is 4.15. The highest BCUT2D eigenvalue weighted by Crippen LogP contribution is 2.36. The average Bonchev–Trinajstić information content (AvgIpc) is 2.98. The van der Waals surface area contributed by atoms with Crippen molar-refractivity contribution in [3.8, 4) is 0 Å². The molecule has 2 aromatic rings. The highest BCUT2D eigenvalue weighted by atomic mass is 32.2. The molecule has 1 aromatic heterocycles. The van der Waals surface area contributed by atoms with Crippen LogP contribution in [0.4, 0.5) is 4.39 Å². The fourth-order valence-electron chi connectivity index (χ4n) is 2.98. The summed E-state index contributed by atoms with van der Waals surface area (Å²) in [5.41, 5.74) is 1.37. The van der Waals surface area contributed by atoms with E-state index in [1.165, 1.54) is 22.5 Å². The Morgan fingerprint density at radius 2 is 1.95 bits per heavy atom. The number of sulfonamides is 1. The maximum atomic E-state index is 13.2. The monoisotopic (exact) mass is 320 g/mol. The van der Waals surface area contributed by atoms with Crippen molar-refractivity contribution in [2.75, 3.05) is 6.54 Å². The Morgan fingerprint density at radius 1 is 1.23 bits per heavy atom. The fraction of sp³-hybridized carbons (Fsp3) is 0.312. The molecular formula is C16H17FN2O2S. The van der Waals surface area contributed by atoms with E-state index in [1.807, 2.05) is 12.1 Å². The Bertz CT molecular complexity index is 778. The molecule has 3 rings (SSSR count). The lowest BCUT2D eigenvalue weighted by molar-refractivity contribution is 0.396. The maximum absolute atomic E-state index is 13.2. The normalized spacial score (nSPS) is 19.5. The van der Waals surface area contributed by atoms with E-state index < -0.39 is 15.8 Å². The van der Waals surface area contributed by atoms with Gasteiger partial charge in [-0.2, -0.15) is 4.31 Å². The molecule has 0 unspecified atom stereocenters. The Labute approximate surface area is 129 Å². The third-order valence-corrected chi connectivity index (χ3v) is 6.09. The van der Waals surface area contributed by atoms with Gasteiger partial charge in [0.25, 0.3) is 0 Å². The van der Waals surface area contributed by atoms with Gasteiger partial charge in [0, 0.05) is 18.9 Å². The second kappa shape index (κ2) is 5.78. The highest BCUT2D eigenvalue weighted by Gasteiger charge is 2.36. The molecule has 0 N–H and O–H groups in total. The van der Waals surface area contributed by atoms with Crippen LogP contribution in [0.3, 0.4) is 0 Å². The topological polar surface area (TPSA) is 50.3 Å². The van der Waals surface area contributed by atoms with E-state index >= 15 is 0 Å². The van der Waals surface area contributed by atoms with Crippen molar-refractivity contribution in [2.45, 2.75) is 30.7 Å². The molecule has 0 amide bonds. The van der Waals surface area contributed by atoms with E-state index in [2.05, 4.69) is 4.98 Å². The summed E-state index contributed by atoms with van der Waals surface area (Å²) in [5, 5.41) is 0. The maximum Gasteiger partial charge on any atom is 0.243 e. The number of pyridine rings is 1. The first kappa shape index (κ1) is 15.1. The van der Waals surface area contributed by atoms with Gasteiger partial charge >= 0.3 is 0 Å². The van der Waals surface area contributed by atoms with Crippen LogP contribution >= 0.6 is 0 Å². The number of rotatable bonds is 3. The molecule has 4 nitrogen and oxygen atoms in total. The van der Waals surface area contributed by atoms with Crippen molar-refractivity contribution < 1.29 is 12.8 Å². The first-order chi connectivity index (χ1) is 10.5. The minimum atomic E-state index is -3.64. The molecule has 1 aliphatic rings. The quantitative estimate of drug-likeness (QED) is 0.873. The van der Waals surface area contributed by atoms with Crippen LogP contribution in [0.2, 0.25) is 0 Å². The zero-order chi connectivity index (χ0) is 15.7. The minimum Gasteiger partial charge on any atom is -0.265 e. The Hall–Kier alpha value is -1.79. The number of benzene rings is 1. The predicted octanol–water partition coefficient (Wildman–Crippen LogP) is 3.05. The van der Waals surface area contributed by atoms with Crippen molar-refractivity contribution in [3.63, 3.8) is 0 Å². The number of nitrogens with zero attached hydrogens (tertiary/aromatic N) is 2. The van der Waals surface area contributed by atoms with Gasteiger partial charge in [-0.1, -0.05) is 0 Å². The third-order valence-electron chi connectivity index (χ3n) is 4.02. The fourth-order valence-corrected chi connectivity index (χ4v) is 4.87. The van der Waals surface area contributed by atoms with Crippen LogP contribution in [-0.2, 0) is 10.0 Å². The number of hydrogen-bond donors (Lipinski definition) is 0. The Kier molecular flexibility index (Phi) is 3.97. The molecule has 2 heterocycles. The van der Waals surface area contributed by atoms with E-state index in [-0.39, 0.29) is 10.9 Å². The standard InChI is InChI=1S/C16H17FN2O2S/c1-12-11-14(17)4-5-16(12)22(20,21)19-10-2-3-15(19)13-6-8-18-9-7-13/h4-9,11,15H,2-3,10H2,1H3/t15-/m1/s1. The molecule has 0 saturated carbocycles. The van der Waals surface area contributed by atoms with E-state index in [4.69, 9.17) is 0 Å². The summed E-state index contributed by atoms with van der Waals surface area (Å²) in [6.07, 6.45) is 4.93. The van der Waals surface area contributed by atoms with Gasteiger partial charge < -0.3 is 0 Å². The van der Waals surface area contributed by atoms with Gasteiger partial charge in [0.15, 0.2) is 0 Å². The predicted molar refractivity (Wildman–Crippen MR) is 81.2 cm³/mol. The largest absolute Gasteiger partial charge is 0.265 e. The van der Waals surface area contributed by atoms with Gasteiger partial charge in [0.1, 0.15) is 5.82 Å². The second-order valence-corrected chi connectivity index (χ2v) is 7.32. The van der Waals surface area contributed by atoms with Gasteiger partial charge in [-0.25, -0.2) is 12.8 Å². The number of aryl methyl sites for hydroxylation is 1. The van der Waals surface area contributed by atoms with Crippen LogP contribution in [-0.4, -0.2) is 24.3 Å². The zero-order valence-corrected chi connectivity index (χ0v) is 13.1. The summed E-state index contributed by atoms with van der Waals surface area (Å²) in [7, 11) is -3.64. The Morgan fingerprint density at radius 3 is 2.64 bits per heavy atom. The number of aromatic nitrogens is 1. The second-order valence-electron chi connectivity index (χ2n) is 5.46. The molecule has 0 radical (unpaired) electrons. The smallest absolute Gasteiger partial charge is 0.243 e.